The van der Waals surface area contributed by atoms with Gasteiger partial charge in [-0.3, -0.25) is 9.36 Å². The van der Waals surface area contributed by atoms with Gasteiger partial charge in [-0.2, -0.15) is 0 Å². The molecule has 1 unspecified atom stereocenters. The molecule has 3 heterocycles. The van der Waals surface area contributed by atoms with E-state index in [1.165, 1.54) is 6.33 Å². The van der Waals surface area contributed by atoms with Gasteiger partial charge in [-0.25, -0.2) is 15.0 Å². The third-order valence-electron chi connectivity index (χ3n) is 5.76. The first-order valence-electron chi connectivity index (χ1n) is 9.96. The molecule has 0 aliphatic carbocycles. The van der Waals surface area contributed by atoms with E-state index in [1.54, 1.807) is 25.3 Å². The number of aromatic nitrogens is 4. The number of nitrogens with zero attached hydrogens (tertiary/aromatic N) is 6. The number of likely N-dealkylation sites (N-methyl/N-ethyl adjacent to an activating group) is 1. The standard InChI is InChI=1S/C21H26ClN7O/c1-12-8-14-18(26-11-29(14)20-17(22)19(23)24-10-25-20)16(15(12)21(30)27(2)3)13-6-5-7-28(4)9-13/h8,10-11,13H,5-7,9H2,1-4H3,(H2,23,24,25). The van der Waals surface area contributed by atoms with Gasteiger partial charge in [0.25, 0.3) is 5.91 Å². The first-order chi connectivity index (χ1) is 14.3. The first-order valence-corrected chi connectivity index (χ1v) is 10.3. The second-order valence-electron chi connectivity index (χ2n) is 8.16. The lowest BCUT2D eigenvalue weighted by Crippen LogP contribution is -2.33. The second kappa shape index (κ2) is 7.85. The lowest BCUT2D eigenvalue weighted by molar-refractivity contribution is 0.0824. The summed E-state index contributed by atoms with van der Waals surface area (Å²) in [4.78, 5) is 30.1. The van der Waals surface area contributed by atoms with Gasteiger partial charge < -0.3 is 15.5 Å². The third kappa shape index (κ3) is 3.40. The molecule has 8 nitrogen and oxygen atoms in total. The van der Waals surface area contributed by atoms with Crippen molar-refractivity contribution in [1.82, 2.24) is 29.3 Å². The van der Waals surface area contributed by atoms with Crippen LogP contribution in [0.1, 0.15) is 40.2 Å². The molecule has 1 amide bonds. The summed E-state index contributed by atoms with van der Waals surface area (Å²) in [5.41, 5.74) is 10.2. The smallest absolute Gasteiger partial charge is 0.253 e. The highest BCUT2D eigenvalue weighted by atomic mass is 35.5. The van der Waals surface area contributed by atoms with Crippen molar-refractivity contribution in [1.29, 1.82) is 0 Å². The number of hydrogen-bond donors (Lipinski definition) is 1. The van der Waals surface area contributed by atoms with Crippen LogP contribution in [-0.2, 0) is 0 Å². The molecule has 1 saturated heterocycles. The molecule has 1 aliphatic heterocycles. The first kappa shape index (κ1) is 20.6. The Morgan fingerprint density at radius 3 is 2.77 bits per heavy atom. The Balaban J connectivity index is 2.00. The highest BCUT2D eigenvalue weighted by Gasteiger charge is 2.30. The summed E-state index contributed by atoms with van der Waals surface area (Å²) < 4.78 is 1.82. The van der Waals surface area contributed by atoms with Crippen LogP contribution >= 0.6 is 11.6 Å². The van der Waals surface area contributed by atoms with Gasteiger partial charge in [0.2, 0.25) is 0 Å². The van der Waals surface area contributed by atoms with E-state index in [9.17, 15) is 4.79 Å². The van der Waals surface area contributed by atoms with Crippen molar-refractivity contribution in [2.75, 3.05) is 40.0 Å². The number of carbonyl (C=O) groups is 1. The van der Waals surface area contributed by atoms with Gasteiger partial charge in [-0.05, 0) is 56.5 Å². The van der Waals surface area contributed by atoms with Gasteiger partial charge in [0.1, 0.15) is 23.5 Å². The fraction of sp³-hybridized carbons (Fsp3) is 0.429. The van der Waals surface area contributed by atoms with Gasteiger partial charge >= 0.3 is 0 Å². The Kier molecular flexibility index (Phi) is 5.38. The summed E-state index contributed by atoms with van der Waals surface area (Å²) in [6.07, 6.45) is 5.18. The number of halogens is 1. The third-order valence-corrected chi connectivity index (χ3v) is 6.12. The molecule has 30 heavy (non-hydrogen) atoms. The van der Waals surface area contributed by atoms with Crippen molar-refractivity contribution in [3.63, 3.8) is 0 Å². The number of aryl methyl sites for hydroxylation is 1. The molecule has 0 radical (unpaired) electrons. The summed E-state index contributed by atoms with van der Waals surface area (Å²) in [7, 11) is 5.68. The van der Waals surface area contributed by atoms with Crippen LogP contribution in [0.3, 0.4) is 0 Å². The Labute approximate surface area is 180 Å². The number of rotatable bonds is 3. The number of piperidine rings is 1. The van der Waals surface area contributed by atoms with Crippen LogP contribution < -0.4 is 5.73 Å². The molecule has 1 fully saturated rings. The minimum absolute atomic E-state index is 0.00325. The molecule has 2 N–H and O–H groups in total. The molecular weight excluding hydrogens is 402 g/mol. The largest absolute Gasteiger partial charge is 0.382 e. The van der Waals surface area contributed by atoms with Gasteiger partial charge in [0, 0.05) is 26.2 Å². The zero-order valence-electron chi connectivity index (χ0n) is 17.7. The van der Waals surface area contributed by atoms with E-state index >= 15 is 0 Å². The maximum atomic E-state index is 13.1. The molecule has 3 aromatic rings. The zero-order valence-corrected chi connectivity index (χ0v) is 18.4. The fourth-order valence-electron chi connectivity index (χ4n) is 4.33. The average molecular weight is 428 g/mol. The van der Waals surface area contributed by atoms with Crippen LogP contribution in [0, 0.1) is 6.92 Å². The van der Waals surface area contributed by atoms with Crippen LogP contribution in [0.5, 0.6) is 0 Å². The molecule has 9 heteroatoms. The quantitative estimate of drug-likeness (QED) is 0.690. The van der Waals surface area contributed by atoms with E-state index in [0.717, 1.165) is 53.7 Å². The summed E-state index contributed by atoms with van der Waals surface area (Å²) in [5.74, 6) is 0.911. The molecule has 1 aliphatic rings. The Bertz CT molecular complexity index is 1120. The van der Waals surface area contributed by atoms with Gasteiger partial charge in [0.15, 0.2) is 5.82 Å². The SMILES string of the molecule is Cc1cc2c(ncn2-c2ncnc(N)c2Cl)c(C2CCCN(C)C2)c1C(=O)N(C)C. The number of nitrogens with two attached hydrogens (primary N) is 1. The summed E-state index contributed by atoms with van der Waals surface area (Å²) in [6.45, 7) is 3.92. The summed E-state index contributed by atoms with van der Waals surface area (Å²) in [6, 6.07) is 1.98. The van der Waals surface area contributed by atoms with Crippen LogP contribution in [0.15, 0.2) is 18.7 Å². The highest BCUT2D eigenvalue weighted by molar-refractivity contribution is 6.34. The Morgan fingerprint density at radius 2 is 2.07 bits per heavy atom. The predicted molar refractivity (Wildman–Crippen MR) is 118 cm³/mol. The number of amides is 1. The predicted octanol–water partition coefficient (Wildman–Crippen LogP) is 2.87. The number of carbonyl (C=O) groups excluding carboxylic acids is 1. The maximum Gasteiger partial charge on any atom is 0.253 e. The van der Waals surface area contributed by atoms with E-state index in [4.69, 9.17) is 22.3 Å². The topological polar surface area (TPSA) is 93.2 Å². The minimum Gasteiger partial charge on any atom is -0.382 e. The van der Waals surface area contributed by atoms with Crippen LogP contribution in [0.4, 0.5) is 5.82 Å². The number of likely N-dealkylation sites (tertiary alicyclic amines) is 1. The fourth-order valence-corrected chi connectivity index (χ4v) is 4.52. The van der Waals surface area contributed by atoms with Crippen molar-refractivity contribution in [3.8, 4) is 5.82 Å². The van der Waals surface area contributed by atoms with E-state index < -0.39 is 0 Å². The Hall–Kier alpha value is -2.71. The molecule has 0 saturated carbocycles. The molecule has 0 spiro atoms. The summed E-state index contributed by atoms with van der Waals surface area (Å²) in [5, 5.41) is 0.279. The molecular formula is C21H26ClN7O. The highest BCUT2D eigenvalue weighted by Crippen LogP contribution is 2.37. The number of fused-ring (bicyclic) bond motifs is 1. The zero-order chi connectivity index (χ0) is 21.6. The number of imidazole rings is 1. The molecule has 0 bridgehead atoms. The van der Waals surface area contributed by atoms with Crippen molar-refractivity contribution < 1.29 is 4.79 Å². The van der Waals surface area contributed by atoms with E-state index in [-0.39, 0.29) is 22.7 Å². The summed E-state index contributed by atoms with van der Waals surface area (Å²) >= 11 is 6.39. The average Bonchev–Trinajstić information content (AvgIpc) is 3.11. The van der Waals surface area contributed by atoms with Crippen LogP contribution in [-0.4, -0.2) is 69.5 Å². The number of anilines is 1. The van der Waals surface area contributed by atoms with Gasteiger partial charge in [0.05, 0.1) is 11.0 Å². The molecule has 1 atom stereocenters. The maximum absolute atomic E-state index is 13.1. The van der Waals surface area contributed by atoms with Gasteiger partial charge in [-0.15, -0.1) is 0 Å². The number of nitrogen functional groups attached to an aromatic ring is 1. The van der Waals surface area contributed by atoms with E-state index in [0.29, 0.717) is 5.82 Å². The van der Waals surface area contributed by atoms with Crippen LogP contribution in [0.2, 0.25) is 5.02 Å². The van der Waals surface area contributed by atoms with Crippen molar-refractivity contribution >= 4 is 34.4 Å². The van der Waals surface area contributed by atoms with Crippen LogP contribution in [0.25, 0.3) is 16.9 Å². The van der Waals surface area contributed by atoms with E-state index in [1.807, 2.05) is 17.6 Å². The molecule has 4 rings (SSSR count). The lowest BCUT2D eigenvalue weighted by Gasteiger charge is -2.32. The molecule has 158 valence electrons. The Morgan fingerprint density at radius 1 is 1.30 bits per heavy atom. The van der Waals surface area contributed by atoms with Gasteiger partial charge in [-0.1, -0.05) is 11.6 Å². The normalized spacial score (nSPS) is 17.4. The molecule has 2 aromatic heterocycles. The molecule has 1 aromatic carbocycles. The second-order valence-corrected chi connectivity index (χ2v) is 8.54. The van der Waals surface area contributed by atoms with E-state index in [2.05, 4.69) is 21.9 Å². The monoisotopic (exact) mass is 427 g/mol. The van der Waals surface area contributed by atoms with Crippen molar-refractivity contribution in [2.45, 2.75) is 25.7 Å². The number of benzene rings is 1. The lowest BCUT2D eigenvalue weighted by atomic mass is 9.84. The van der Waals surface area contributed by atoms with Crippen molar-refractivity contribution in [2.24, 2.45) is 0 Å². The number of hydrogen-bond acceptors (Lipinski definition) is 6. The minimum atomic E-state index is -0.00325. The van der Waals surface area contributed by atoms with Crippen molar-refractivity contribution in [3.05, 3.63) is 40.4 Å².